The molecule has 0 spiro atoms. The van der Waals surface area contributed by atoms with Crippen molar-refractivity contribution >= 4 is 23.1 Å². The fourth-order valence-electron chi connectivity index (χ4n) is 14.1. The molecule has 12 heteroatoms. The van der Waals surface area contributed by atoms with Gasteiger partial charge >= 0.3 is 0 Å². The molecule has 8 aliphatic rings. The van der Waals surface area contributed by atoms with Crippen molar-refractivity contribution < 1.29 is 59.3 Å². The summed E-state index contributed by atoms with van der Waals surface area (Å²) in [6.07, 6.45) is 7.76. The van der Waals surface area contributed by atoms with Crippen molar-refractivity contribution in [1.29, 1.82) is 0 Å². The zero-order valence-electron chi connectivity index (χ0n) is 32.4. The van der Waals surface area contributed by atoms with Crippen molar-refractivity contribution in [2.45, 2.75) is 128 Å². The molecule has 8 aliphatic carbocycles. The lowest BCUT2D eigenvalue weighted by Gasteiger charge is -2.62. The zero-order valence-corrected chi connectivity index (χ0v) is 32.4. The molecule has 8 rings (SSSR count). The largest absolute Gasteiger partial charge is 0.393 e. The molecule has 6 saturated carbocycles. The van der Waals surface area contributed by atoms with Crippen molar-refractivity contribution in [2.75, 3.05) is 13.2 Å². The number of Topliss-reactive ketones (excluding diaryl/α,β-unsaturated/α-hetero) is 2. The van der Waals surface area contributed by atoms with Crippen LogP contribution in [0.2, 0.25) is 0 Å². The van der Waals surface area contributed by atoms with Gasteiger partial charge in [-0.15, -0.1) is 0 Å². The maximum atomic E-state index is 16.8. The van der Waals surface area contributed by atoms with Crippen LogP contribution >= 0.6 is 0 Å². The predicted molar refractivity (Wildman–Crippen MR) is 196 cm³/mol. The number of carbonyl (C=O) groups is 4. The van der Waals surface area contributed by atoms with E-state index in [9.17, 15) is 54.9 Å². The number of aliphatic hydroxyl groups excluding tert-OH is 5. The molecule has 0 radical (unpaired) electrons. The van der Waals surface area contributed by atoms with E-state index in [4.69, 9.17) is 0 Å². The molecule has 0 heterocycles. The minimum atomic E-state index is -2.23. The van der Waals surface area contributed by atoms with Gasteiger partial charge in [0.25, 0.3) is 0 Å². The third-order valence-electron chi connectivity index (χ3n) is 17.2. The van der Waals surface area contributed by atoms with Crippen molar-refractivity contribution in [3.63, 3.8) is 0 Å². The maximum Gasteiger partial charge on any atom is 0.192 e. The third kappa shape index (κ3) is 4.97. The molecule has 302 valence electrons. The Morgan fingerprint density at radius 3 is 2.07 bits per heavy atom. The van der Waals surface area contributed by atoms with Crippen LogP contribution in [0.1, 0.15) is 92.4 Å². The van der Waals surface area contributed by atoms with Gasteiger partial charge in [0.1, 0.15) is 18.8 Å². The SMILES string of the molecule is CC12C=CC(=O)C=C1CCC1C3CC(O)C(O)(C(=O)CO)C3(C)CC(O)C12F.CC1=CC(=O)C=C2CC[C@@H]3[C@H]([C@@H](O)C[C@@]4(C)[C@H]3CC[C@]4(O)C(=O)CO)[C@]12C. The van der Waals surface area contributed by atoms with Crippen molar-refractivity contribution in [3.8, 4) is 0 Å². The molecule has 11 nitrogen and oxygen atoms in total. The summed E-state index contributed by atoms with van der Waals surface area (Å²) in [5.74, 6) is -2.60. The topological polar surface area (TPSA) is 210 Å². The summed E-state index contributed by atoms with van der Waals surface area (Å²) in [6, 6.07) is 0. The second-order valence-corrected chi connectivity index (χ2v) is 19.0. The van der Waals surface area contributed by atoms with E-state index < -0.39 is 88.0 Å². The van der Waals surface area contributed by atoms with Crippen molar-refractivity contribution in [1.82, 2.24) is 0 Å². The number of aliphatic hydroxyl groups is 7. The van der Waals surface area contributed by atoms with E-state index in [-0.39, 0.29) is 47.6 Å². The summed E-state index contributed by atoms with van der Waals surface area (Å²) in [7, 11) is 0. The van der Waals surface area contributed by atoms with E-state index in [2.05, 4.69) is 6.92 Å². The summed E-state index contributed by atoms with van der Waals surface area (Å²) in [5.41, 5.74) is -6.65. The Kier molecular flexibility index (Phi) is 9.49. The number of carbonyl (C=O) groups excluding carboxylic acids is 4. The first-order chi connectivity index (χ1) is 25.6. The van der Waals surface area contributed by atoms with Crippen molar-refractivity contribution in [2.24, 2.45) is 51.2 Å². The smallest absolute Gasteiger partial charge is 0.192 e. The standard InChI is InChI=1S/C22H30O5.C21H27FO6/c1-12-8-14(24)9-13-4-5-15-16-6-7-22(27,18(26)11-23)20(16,2)10-17(25)19(15)21(12,13)3;1-18-6-5-12(24)7-11(18)3-4-13-14-8-15(25)21(28,17(27)10-23)19(14,2)9-16(26)20(13,18)22/h8-9,15-17,19,23,25,27H,4-7,10-11H2,1-3H3;5-7,13-16,23,25-26,28H,3-4,8-10H2,1-2H3/t15-,16-,17-,19+,20-,21+,22-;/m0./s1. The van der Waals surface area contributed by atoms with E-state index in [1.54, 1.807) is 26.0 Å². The van der Waals surface area contributed by atoms with Crippen LogP contribution in [0.3, 0.4) is 0 Å². The summed E-state index contributed by atoms with van der Waals surface area (Å²) < 4.78 is 16.8. The fourth-order valence-corrected chi connectivity index (χ4v) is 14.1. The minimum absolute atomic E-state index is 0.0135. The number of rotatable bonds is 4. The van der Waals surface area contributed by atoms with Gasteiger partial charge in [0.2, 0.25) is 0 Å². The Labute approximate surface area is 321 Å². The van der Waals surface area contributed by atoms with Crippen LogP contribution < -0.4 is 0 Å². The quantitative estimate of drug-likeness (QED) is 0.221. The van der Waals surface area contributed by atoms with Crippen LogP contribution in [0.4, 0.5) is 4.39 Å². The highest BCUT2D eigenvalue weighted by Gasteiger charge is 2.76. The van der Waals surface area contributed by atoms with Gasteiger partial charge in [-0.2, -0.15) is 0 Å². The molecule has 0 aromatic heterocycles. The van der Waals surface area contributed by atoms with Crippen LogP contribution in [0.15, 0.2) is 47.1 Å². The highest BCUT2D eigenvalue weighted by Crippen LogP contribution is 2.70. The van der Waals surface area contributed by atoms with Gasteiger partial charge in [0, 0.05) is 33.5 Å². The molecular weight excluding hydrogens is 711 g/mol. The Morgan fingerprint density at radius 1 is 0.782 bits per heavy atom. The van der Waals surface area contributed by atoms with E-state index in [1.165, 1.54) is 18.2 Å². The molecule has 0 aliphatic heterocycles. The first kappa shape index (κ1) is 40.5. The molecule has 0 amide bonds. The highest BCUT2D eigenvalue weighted by molar-refractivity contribution is 6.02. The molecule has 6 fully saturated rings. The van der Waals surface area contributed by atoms with Gasteiger partial charge in [0.15, 0.2) is 34.4 Å². The number of fused-ring (bicyclic) bond motifs is 10. The van der Waals surface area contributed by atoms with Crippen LogP contribution in [-0.4, -0.2) is 107 Å². The zero-order chi connectivity index (χ0) is 40.5. The number of halogens is 1. The van der Waals surface area contributed by atoms with Gasteiger partial charge in [-0.05, 0) is 114 Å². The normalized spacial score (nSPS) is 50.7. The van der Waals surface area contributed by atoms with E-state index in [0.29, 0.717) is 31.3 Å². The number of hydrogen-bond acceptors (Lipinski definition) is 11. The van der Waals surface area contributed by atoms with Gasteiger partial charge in [-0.3, -0.25) is 19.2 Å². The highest BCUT2D eigenvalue weighted by atomic mass is 19.1. The third-order valence-corrected chi connectivity index (χ3v) is 17.2. The van der Waals surface area contributed by atoms with Crippen molar-refractivity contribution in [3.05, 3.63) is 47.1 Å². The Bertz CT molecular complexity index is 1830. The Balaban J connectivity index is 0.000000169. The number of hydrogen-bond donors (Lipinski definition) is 7. The lowest BCUT2D eigenvalue weighted by molar-refractivity contribution is -0.222. The molecule has 15 atom stereocenters. The first-order valence-corrected chi connectivity index (χ1v) is 19.9. The summed E-state index contributed by atoms with van der Waals surface area (Å²) in [4.78, 5) is 48.6. The molecule has 0 bridgehead atoms. The average Bonchev–Trinajstić information content (AvgIpc) is 3.51. The minimum Gasteiger partial charge on any atom is -0.393 e. The molecule has 8 unspecified atom stereocenters. The van der Waals surface area contributed by atoms with Crippen LogP contribution in [0, 0.1) is 51.2 Å². The molecule has 0 saturated heterocycles. The maximum absolute atomic E-state index is 16.8. The molecule has 7 N–H and O–H groups in total. The van der Waals surface area contributed by atoms with Gasteiger partial charge in [-0.25, -0.2) is 4.39 Å². The second-order valence-electron chi connectivity index (χ2n) is 19.0. The van der Waals surface area contributed by atoms with Crippen LogP contribution in [0.25, 0.3) is 0 Å². The van der Waals surface area contributed by atoms with E-state index in [0.717, 1.165) is 30.4 Å². The fraction of sp³-hybridized carbons (Fsp3) is 0.721. The van der Waals surface area contributed by atoms with Gasteiger partial charge in [0.05, 0.1) is 18.3 Å². The summed E-state index contributed by atoms with van der Waals surface area (Å²) in [5, 5.41) is 74.0. The molecule has 0 aromatic carbocycles. The monoisotopic (exact) mass is 768 g/mol. The first-order valence-electron chi connectivity index (χ1n) is 19.9. The van der Waals surface area contributed by atoms with Gasteiger partial charge < -0.3 is 35.7 Å². The van der Waals surface area contributed by atoms with E-state index in [1.807, 2.05) is 13.8 Å². The average molecular weight is 769 g/mol. The Morgan fingerprint density at radius 2 is 1.42 bits per heavy atom. The Hall–Kier alpha value is -2.71. The van der Waals surface area contributed by atoms with Crippen LogP contribution in [-0.2, 0) is 19.2 Å². The van der Waals surface area contributed by atoms with Crippen LogP contribution in [0.5, 0.6) is 0 Å². The number of alkyl halides is 1. The number of allylic oxidation sites excluding steroid dienone is 8. The number of ketones is 4. The predicted octanol–water partition coefficient (Wildman–Crippen LogP) is 2.57. The lowest BCUT2D eigenvalue weighted by Crippen LogP contribution is -2.69. The van der Waals surface area contributed by atoms with E-state index >= 15 is 4.39 Å². The molecular formula is C43H57FO11. The summed E-state index contributed by atoms with van der Waals surface area (Å²) >= 11 is 0. The molecule has 55 heavy (non-hydrogen) atoms. The summed E-state index contributed by atoms with van der Waals surface area (Å²) in [6.45, 7) is 7.70. The van der Waals surface area contributed by atoms with Gasteiger partial charge in [-0.1, -0.05) is 43.6 Å². The lowest BCUT2D eigenvalue weighted by atomic mass is 9.44. The second kappa shape index (κ2) is 12.9. The molecule has 0 aromatic rings.